The van der Waals surface area contributed by atoms with E-state index in [4.69, 9.17) is 0 Å². The number of nitrogens with one attached hydrogen (secondary N) is 1. The third-order valence-electron chi connectivity index (χ3n) is 2.56. The second kappa shape index (κ2) is 3.24. The molecule has 0 saturated carbocycles. The minimum atomic E-state index is 1.14. The van der Waals surface area contributed by atoms with Crippen LogP contribution in [0.25, 0.3) is 22.0 Å². The first-order valence-corrected chi connectivity index (χ1v) is 4.92. The number of hydrogen-bond acceptors (Lipinski definition) is 1. The van der Waals surface area contributed by atoms with Crippen LogP contribution in [0.5, 0.6) is 0 Å². The molecular formula is C13H10N2. The van der Waals surface area contributed by atoms with Crippen LogP contribution in [0.1, 0.15) is 0 Å². The Balaban J connectivity index is 2.31. The van der Waals surface area contributed by atoms with Crippen molar-refractivity contribution >= 4 is 10.9 Å². The largest absolute Gasteiger partial charge is 0.361 e. The van der Waals surface area contributed by atoms with Crippen molar-refractivity contribution < 1.29 is 0 Å². The second-order valence-electron chi connectivity index (χ2n) is 3.49. The molecule has 0 amide bonds. The molecule has 3 aromatic rings. The zero-order valence-electron chi connectivity index (χ0n) is 8.14. The number of para-hydroxylation sites is 1. The van der Waals surface area contributed by atoms with Gasteiger partial charge in [0.2, 0.25) is 0 Å². The van der Waals surface area contributed by atoms with Crippen LogP contribution in [0.15, 0.2) is 55.0 Å². The van der Waals surface area contributed by atoms with E-state index in [2.05, 4.69) is 40.3 Å². The number of aromatic nitrogens is 2. The molecule has 15 heavy (non-hydrogen) atoms. The third kappa shape index (κ3) is 1.31. The molecule has 1 aromatic carbocycles. The minimum absolute atomic E-state index is 1.14. The molecule has 0 aliphatic rings. The summed E-state index contributed by atoms with van der Waals surface area (Å²) in [6.45, 7) is 0. The molecule has 2 heteroatoms. The van der Waals surface area contributed by atoms with E-state index in [-0.39, 0.29) is 0 Å². The third-order valence-corrected chi connectivity index (χ3v) is 2.56. The van der Waals surface area contributed by atoms with Crippen molar-refractivity contribution in [3.63, 3.8) is 0 Å². The predicted octanol–water partition coefficient (Wildman–Crippen LogP) is 3.23. The molecular weight excluding hydrogens is 184 g/mol. The van der Waals surface area contributed by atoms with Gasteiger partial charge in [-0.2, -0.15) is 0 Å². The second-order valence-corrected chi connectivity index (χ2v) is 3.49. The van der Waals surface area contributed by atoms with Gasteiger partial charge in [-0.1, -0.05) is 24.3 Å². The molecule has 3 rings (SSSR count). The van der Waals surface area contributed by atoms with Crippen molar-refractivity contribution in [3.8, 4) is 11.1 Å². The summed E-state index contributed by atoms with van der Waals surface area (Å²) in [5, 5.41) is 1.23. The van der Waals surface area contributed by atoms with Crippen molar-refractivity contribution in [3.05, 3.63) is 55.0 Å². The molecule has 2 aromatic heterocycles. The summed E-state index contributed by atoms with van der Waals surface area (Å²) in [6.07, 6.45) is 5.64. The lowest BCUT2D eigenvalue weighted by Gasteiger charge is -2.02. The van der Waals surface area contributed by atoms with E-state index >= 15 is 0 Å². The van der Waals surface area contributed by atoms with Crippen LogP contribution >= 0.6 is 0 Å². The highest BCUT2D eigenvalue weighted by atomic mass is 14.7. The Kier molecular flexibility index (Phi) is 1.78. The highest BCUT2D eigenvalue weighted by Gasteiger charge is 2.03. The maximum atomic E-state index is 4.14. The lowest BCUT2D eigenvalue weighted by atomic mass is 10.1. The average Bonchev–Trinajstić information content (AvgIpc) is 2.78. The highest BCUT2D eigenvalue weighted by molar-refractivity contribution is 5.93. The monoisotopic (exact) mass is 194 g/mol. The van der Waals surface area contributed by atoms with Gasteiger partial charge in [0.05, 0.1) is 5.52 Å². The molecule has 1 N–H and O–H groups in total. The molecule has 0 unspecified atom stereocenters. The first-order chi connectivity index (χ1) is 7.45. The van der Waals surface area contributed by atoms with Gasteiger partial charge in [0.25, 0.3) is 0 Å². The molecule has 0 atom stereocenters. The number of fused-ring (bicyclic) bond motifs is 1. The van der Waals surface area contributed by atoms with E-state index in [9.17, 15) is 0 Å². The Morgan fingerprint density at radius 1 is 1.00 bits per heavy atom. The molecule has 0 saturated heterocycles. The molecule has 0 fully saturated rings. The fourth-order valence-corrected chi connectivity index (χ4v) is 1.85. The zero-order valence-corrected chi connectivity index (χ0v) is 8.14. The van der Waals surface area contributed by atoms with Crippen molar-refractivity contribution in [1.82, 2.24) is 9.97 Å². The Hall–Kier alpha value is -2.09. The maximum absolute atomic E-state index is 4.14. The van der Waals surface area contributed by atoms with E-state index in [1.807, 2.05) is 18.5 Å². The van der Waals surface area contributed by atoms with Gasteiger partial charge in [0.1, 0.15) is 0 Å². The minimum Gasteiger partial charge on any atom is -0.361 e. The molecule has 0 aliphatic carbocycles. The smallest absolute Gasteiger partial charge is 0.0534 e. The van der Waals surface area contributed by atoms with E-state index in [0.717, 1.165) is 5.56 Å². The Morgan fingerprint density at radius 3 is 2.87 bits per heavy atom. The van der Waals surface area contributed by atoms with E-state index in [0.29, 0.717) is 0 Å². The summed E-state index contributed by atoms with van der Waals surface area (Å²) >= 11 is 0. The van der Waals surface area contributed by atoms with Crippen molar-refractivity contribution in [2.75, 3.05) is 0 Å². The summed E-state index contributed by atoms with van der Waals surface area (Å²) < 4.78 is 0. The van der Waals surface area contributed by atoms with E-state index in [1.54, 1.807) is 6.20 Å². The van der Waals surface area contributed by atoms with Gasteiger partial charge in [0, 0.05) is 29.7 Å². The fraction of sp³-hybridized carbons (Fsp3) is 0. The Bertz CT molecular complexity index is 582. The quantitative estimate of drug-likeness (QED) is 0.633. The lowest BCUT2D eigenvalue weighted by Crippen LogP contribution is -1.80. The summed E-state index contributed by atoms with van der Waals surface area (Å²) in [6, 6.07) is 12.4. The van der Waals surface area contributed by atoms with Gasteiger partial charge in [-0.15, -0.1) is 0 Å². The van der Waals surface area contributed by atoms with Crippen molar-refractivity contribution in [2.24, 2.45) is 0 Å². The average molecular weight is 194 g/mol. The first kappa shape index (κ1) is 8.24. The van der Waals surface area contributed by atoms with Crippen molar-refractivity contribution in [2.45, 2.75) is 0 Å². The van der Waals surface area contributed by atoms with Crippen LogP contribution < -0.4 is 0 Å². The maximum Gasteiger partial charge on any atom is 0.0534 e. The molecule has 72 valence electrons. The Labute approximate surface area is 87.6 Å². The van der Waals surface area contributed by atoms with Gasteiger partial charge in [-0.3, -0.25) is 4.98 Å². The number of pyridine rings is 1. The molecule has 0 spiro atoms. The highest BCUT2D eigenvalue weighted by Crippen LogP contribution is 2.26. The number of aromatic amines is 1. The van der Waals surface area contributed by atoms with E-state index < -0.39 is 0 Å². The van der Waals surface area contributed by atoms with Gasteiger partial charge >= 0.3 is 0 Å². The van der Waals surface area contributed by atoms with Crippen LogP contribution in [0.2, 0.25) is 0 Å². The van der Waals surface area contributed by atoms with Gasteiger partial charge in [0.15, 0.2) is 0 Å². The number of rotatable bonds is 1. The lowest BCUT2D eigenvalue weighted by molar-refractivity contribution is 1.33. The number of benzene rings is 1. The summed E-state index contributed by atoms with van der Waals surface area (Å²) in [7, 11) is 0. The normalized spacial score (nSPS) is 10.7. The summed E-state index contributed by atoms with van der Waals surface area (Å²) in [4.78, 5) is 7.40. The molecule has 0 aliphatic heterocycles. The fourth-order valence-electron chi connectivity index (χ4n) is 1.85. The first-order valence-electron chi connectivity index (χ1n) is 4.92. The van der Waals surface area contributed by atoms with Gasteiger partial charge in [-0.05, 0) is 17.5 Å². The van der Waals surface area contributed by atoms with E-state index in [1.165, 1.54) is 16.5 Å². The van der Waals surface area contributed by atoms with Crippen LogP contribution in [-0.2, 0) is 0 Å². The summed E-state index contributed by atoms with van der Waals surface area (Å²) in [5.41, 5.74) is 3.52. The van der Waals surface area contributed by atoms with Crippen LogP contribution in [0.3, 0.4) is 0 Å². The predicted molar refractivity (Wildman–Crippen MR) is 61.5 cm³/mol. The standard InChI is InChI=1S/C13H10N2/c1-3-10-6-8-15-13(10)12(5-1)11-4-2-7-14-9-11/h1-9,15H. The SMILES string of the molecule is c1cncc(-c2cccc3cc[nH]c23)c1. The van der Waals surface area contributed by atoms with Crippen LogP contribution in [0, 0.1) is 0 Å². The molecule has 0 radical (unpaired) electrons. The van der Waals surface area contributed by atoms with Gasteiger partial charge in [-0.25, -0.2) is 0 Å². The summed E-state index contributed by atoms with van der Waals surface area (Å²) in [5.74, 6) is 0. The Morgan fingerprint density at radius 2 is 2.00 bits per heavy atom. The van der Waals surface area contributed by atoms with Crippen LogP contribution in [0.4, 0.5) is 0 Å². The zero-order chi connectivity index (χ0) is 10.1. The number of hydrogen-bond donors (Lipinski definition) is 1. The number of nitrogens with zero attached hydrogens (tertiary/aromatic N) is 1. The molecule has 2 nitrogen and oxygen atoms in total. The topological polar surface area (TPSA) is 28.7 Å². The van der Waals surface area contributed by atoms with Crippen molar-refractivity contribution in [1.29, 1.82) is 0 Å². The molecule has 2 heterocycles. The number of H-pyrrole nitrogens is 1. The van der Waals surface area contributed by atoms with Crippen LogP contribution in [-0.4, -0.2) is 9.97 Å². The van der Waals surface area contributed by atoms with Gasteiger partial charge < -0.3 is 4.98 Å². The molecule has 0 bridgehead atoms.